The lowest BCUT2D eigenvalue weighted by molar-refractivity contribution is 0.463. The van der Waals surface area contributed by atoms with Gasteiger partial charge in [0.2, 0.25) is 5.88 Å². The fourth-order valence-corrected chi connectivity index (χ4v) is 4.88. The van der Waals surface area contributed by atoms with Crippen molar-refractivity contribution in [3.63, 3.8) is 0 Å². The highest BCUT2D eigenvalue weighted by atomic mass is 16.5. The number of aromatic nitrogens is 4. The van der Waals surface area contributed by atoms with Gasteiger partial charge in [0.1, 0.15) is 17.1 Å². The van der Waals surface area contributed by atoms with Crippen molar-refractivity contribution in [3.8, 4) is 22.8 Å². The van der Waals surface area contributed by atoms with E-state index in [1.807, 2.05) is 44.2 Å². The SMILES string of the molecule is CCc1nc2c(C)cc(C)nc2n1Cc1ccc(-c2cc(Oc3ccc(C)cn3)ccc2C2=NCN=N2)cc1. The predicted octanol–water partition coefficient (Wildman–Crippen LogP) is 6.99. The predicted molar refractivity (Wildman–Crippen MR) is 153 cm³/mol. The number of imidazole rings is 1. The molecule has 0 bridgehead atoms. The fourth-order valence-electron chi connectivity index (χ4n) is 4.88. The van der Waals surface area contributed by atoms with Crippen LogP contribution in [0.1, 0.15) is 40.7 Å². The Morgan fingerprint density at radius 1 is 0.897 bits per heavy atom. The third-order valence-electron chi connectivity index (χ3n) is 6.81. The summed E-state index contributed by atoms with van der Waals surface area (Å²) < 4.78 is 8.30. The lowest BCUT2D eigenvalue weighted by atomic mass is 9.97. The first-order valence-electron chi connectivity index (χ1n) is 13.1. The number of rotatable bonds is 7. The third kappa shape index (κ3) is 4.93. The lowest BCUT2D eigenvalue weighted by Crippen LogP contribution is -2.06. The van der Waals surface area contributed by atoms with Gasteiger partial charge in [-0.3, -0.25) is 0 Å². The minimum absolute atomic E-state index is 0.352. The van der Waals surface area contributed by atoms with Gasteiger partial charge in [-0.25, -0.2) is 19.9 Å². The Labute approximate surface area is 227 Å². The fraction of sp³-hybridized carbons (Fsp3) is 0.226. The summed E-state index contributed by atoms with van der Waals surface area (Å²) in [6.07, 6.45) is 2.64. The number of pyridine rings is 2. The first-order chi connectivity index (χ1) is 19.0. The van der Waals surface area contributed by atoms with Crippen molar-refractivity contribution in [3.05, 3.63) is 101 Å². The van der Waals surface area contributed by atoms with Crippen LogP contribution in [0.15, 0.2) is 82.1 Å². The third-order valence-corrected chi connectivity index (χ3v) is 6.81. The Hall–Kier alpha value is -4.72. The van der Waals surface area contributed by atoms with Gasteiger partial charge in [0, 0.05) is 29.9 Å². The van der Waals surface area contributed by atoms with Crippen molar-refractivity contribution in [2.45, 2.75) is 40.7 Å². The van der Waals surface area contributed by atoms with Crippen LogP contribution in [0, 0.1) is 20.8 Å². The monoisotopic (exact) mass is 515 g/mol. The van der Waals surface area contributed by atoms with Crippen molar-refractivity contribution in [2.75, 3.05) is 6.67 Å². The van der Waals surface area contributed by atoms with Gasteiger partial charge in [0.15, 0.2) is 18.2 Å². The zero-order valence-corrected chi connectivity index (χ0v) is 22.5. The number of benzene rings is 2. The molecule has 39 heavy (non-hydrogen) atoms. The molecule has 0 atom stereocenters. The smallest absolute Gasteiger partial charge is 0.219 e. The minimum atomic E-state index is 0.352. The molecule has 6 rings (SSSR count). The van der Waals surface area contributed by atoms with Gasteiger partial charge in [0.05, 0.1) is 6.54 Å². The van der Waals surface area contributed by atoms with Crippen LogP contribution in [0.5, 0.6) is 11.6 Å². The van der Waals surface area contributed by atoms with Crippen LogP contribution in [-0.4, -0.2) is 32.0 Å². The molecule has 0 spiro atoms. The van der Waals surface area contributed by atoms with Crippen molar-refractivity contribution in [2.24, 2.45) is 15.2 Å². The summed E-state index contributed by atoms with van der Waals surface area (Å²) in [5, 5.41) is 8.30. The zero-order chi connectivity index (χ0) is 26.9. The molecule has 0 saturated carbocycles. The van der Waals surface area contributed by atoms with E-state index in [2.05, 4.69) is 69.0 Å². The average Bonchev–Trinajstić information content (AvgIpc) is 3.59. The van der Waals surface area contributed by atoms with Crippen LogP contribution in [0.4, 0.5) is 0 Å². The highest BCUT2D eigenvalue weighted by Crippen LogP contribution is 2.32. The molecule has 0 fully saturated rings. The Balaban J connectivity index is 1.34. The van der Waals surface area contributed by atoms with Gasteiger partial charge >= 0.3 is 0 Å². The van der Waals surface area contributed by atoms with Crippen LogP contribution in [0.3, 0.4) is 0 Å². The van der Waals surface area contributed by atoms with E-state index in [1.165, 1.54) is 5.56 Å². The molecule has 194 valence electrons. The molecule has 0 unspecified atom stereocenters. The summed E-state index contributed by atoms with van der Waals surface area (Å²) in [5.74, 6) is 2.91. The molecule has 1 aliphatic heterocycles. The zero-order valence-electron chi connectivity index (χ0n) is 22.5. The Morgan fingerprint density at radius 2 is 1.74 bits per heavy atom. The lowest BCUT2D eigenvalue weighted by Gasteiger charge is -2.13. The molecule has 0 radical (unpaired) electrons. The Morgan fingerprint density at radius 3 is 2.46 bits per heavy atom. The standard InChI is InChI=1S/C31H29N7O/c1-5-27-36-29-20(3)14-21(4)35-31(29)38(27)17-22-7-9-23(10-8-22)26-15-24(39-28-13-6-19(2)16-32-28)11-12-25(26)30-33-18-34-37-30/h6-16H,5,17-18H2,1-4H3. The molecule has 8 nitrogen and oxygen atoms in total. The van der Waals surface area contributed by atoms with Gasteiger partial charge in [-0.05, 0) is 72.9 Å². The number of hydrogen-bond donors (Lipinski definition) is 0. The van der Waals surface area contributed by atoms with Crippen LogP contribution in [0.2, 0.25) is 0 Å². The Kier molecular flexibility index (Phi) is 6.44. The van der Waals surface area contributed by atoms with E-state index in [4.69, 9.17) is 14.7 Å². The first-order valence-corrected chi connectivity index (χ1v) is 13.1. The summed E-state index contributed by atoms with van der Waals surface area (Å²) in [5.41, 5.74) is 9.25. The molecular weight excluding hydrogens is 486 g/mol. The van der Waals surface area contributed by atoms with Gasteiger partial charge in [-0.15, -0.1) is 5.11 Å². The highest BCUT2D eigenvalue weighted by Gasteiger charge is 2.17. The second-order valence-corrected chi connectivity index (χ2v) is 9.77. The van der Waals surface area contributed by atoms with E-state index in [-0.39, 0.29) is 0 Å². The number of hydrogen-bond acceptors (Lipinski definition) is 7. The summed E-state index contributed by atoms with van der Waals surface area (Å²) in [4.78, 5) is 18.5. The Bertz CT molecular complexity index is 1730. The molecule has 4 heterocycles. The summed E-state index contributed by atoms with van der Waals surface area (Å²) in [7, 11) is 0. The van der Waals surface area contributed by atoms with Crippen LogP contribution < -0.4 is 4.74 Å². The van der Waals surface area contributed by atoms with Gasteiger partial charge < -0.3 is 9.30 Å². The van der Waals surface area contributed by atoms with Crippen LogP contribution >= 0.6 is 0 Å². The molecule has 0 saturated heterocycles. The number of nitrogens with zero attached hydrogens (tertiary/aromatic N) is 7. The first kappa shape index (κ1) is 24.6. The van der Waals surface area contributed by atoms with E-state index in [0.29, 0.717) is 30.7 Å². The number of aryl methyl sites for hydroxylation is 4. The number of aliphatic imine (C=N–C) groups is 1. The van der Waals surface area contributed by atoms with Crippen molar-refractivity contribution >= 4 is 17.0 Å². The van der Waals surface area contributed by atoms with Gasteiger partial charge in [0.25, 0.3) is 0 Å². The minimum Gasteiger partial charge on any atom is -0.439 e. The van der Waals surface area contributed by atoms with E-state index < -0.39 is 0 Å². The normalized spacial score (nSPS) is 12.8. The molecular formula is C31H29N7O. The summed E-state index contributed by atoms with van der Waals surface area (Å²) in [6, 6.07) is 20.4. The maximum Gasteiger partial charge on any atom is 0.219 e. The quantitative estimate of drug-likeness (QED) is 0.234. The van der Waals surface area contributed by atoms with Gasteiger partial charge in [-0.2, -0.15) is 5.11 Å². The molecule has 0 N–H and O–H groups in total. The molecule has 3 aromatic heterocycles. The molecule has 1 aliphatic rings. The summed E-state index contributed by atoms with van der Waals surface area (Å²) >= 11 is 0. The second-order valence-electron chi connectivity index (χ2n) is 9.77. The van der Waals surface area contributed by atoms with Crippen molar-refractivity contribution in [1.29, 1.82) is 0 Å². The van der Waals surface area contributed by atoms with Crippen molar-refractivity contribution in [1.82, 2.24) is 19.5 Å². The summed E-state index contributed by atoms with van der Waals surface area (Å²) in [6.45, 7) is 9.32. The van der Waals surface area contributed by atoms with E-state index in [9.17, 15) is 0 Å². The van der Waals surface area contributed by atoms with E-state index in [0.717, 1.165) is 56.9 Å². The topological polar surface area (TPSA) is 89.9 Å². The van der Waals surface area contributed by atoms with Crippen LogP contribution in [-0.2, 0) is 13.0 Å². The molecule has 0 aliphatic carbocycles. The van der Waals surface area contributed by atoms with Crippen LogP contribution in [0.25, 0.3) is 22.3 Å². The number of azo groups is 1. The van der Waals surface area contributed by atoms with Gasteiger partial charge in [-0.1, -0.05) is 37.3 Å². The van der Waals surface area contributed by atoms with E-state index >= 15 is 0 Å². The maximum atomic E-state index is 6.07. The molecule has 8 heteroatoms. The highest BCUT2D eigenvalue weighted by molar-refractivity contribution is 6.05. The molecule has 0 amide bonds. The largest absolute Gasteiger partial charge is 0.439 e. The number of fused-ring (bicyclic) bond motifs is 1. The average molecular weight is 516 g/mol. The number of amidine groups is 1. The molecule has 5 aromatic rings. The maximum absolute atomic E-state index is 6.07. The second kappa shape index (κ2) is 10.2. The number of ether oxygens (including phenoxy) is 1. The van der Waals surface area contributed by atoms with Crippen molar-refractivity contribution < 1.29 is 4.74 Å². The molecule has 2 aromatic carbocycles. The van der Waals surface area contributed by atoms with E-state index in [1.54, 1.807) is 6.20 Å².